The van der Waals surface area contributed by atoms with Crippen molar-refractivity contribution in [3.8, 4) is 0 Å². The minimum Gasteiger partial charge on any atom is -0.349 e. The van der Waals surface area contributed by atoms with E-state index in [0.29, 0.717) is 12.5 Å². The molecule has 14 heavy (non-hydrogen) atoms. The van der Waals surface area contributed by atoms with Crippen LogP contribution in [0.25, 0.3) is 0 Å². The zero-order valence-electron chi connectivity index (χ0n) is 9.18. The van der Waals surface area contributed by atoms with E-state index in [0.717, 1.165) is 19.6 Å². The fourth-order valence-corrected chi connectivity index (χ4v) is 1.63. The molecule has 0 aromatic heterocycles. The smallest absolute Gasteiger partial charge is 0.223 e. The van der Waals surface area contributed by atoms with Gasteiger partial charge in [-0.3, -0.25) is 4.79 Å². The maximum Gasteiger partial charge on any atom is 0.223 e. The van der Waals surface area contributed by atoms with Crippen molar-refractivity contribution < 1.29 is 4.79 Å². The van der Waals surface area contributed by atoms with E-state index in [4.69, 9.17) is 0 Å². The molecule has 1 atom stereocenters. The highest BCUT2D eigenvalue weighted by Gasteiger charge is 2.12. The summed E-state index contributed by atoms with van der Waals surface area (Å²) in [6.07, 6.45) is 3.14. The van der Waals surface area contributed by atoms with Crippen LogP contribution in [0.1, 0.15) is 19.3 Å². The molecule has 82 valence electrons. The summed E-state index contributed by atoms with van der Waals surface area (Å²) >= 11 is 0. The number of rotatable bonds is 5. The number of hydrogen-bond donors (Lipinski definition) is 2. The summed E-state index contributed by atoms with van der Waals surface area (Å²) in [6.45, 7) is 2.92. The summed E-state index contributed by atoms with van der Waals surface area (Å²) in [5, 5.41) is 6.71. The maximum atomic E-state index is 11.2. The first-order valence-corrected chi connectivity index (χ1v) is 5.34. The molecule has 1 rings (SSSR count). The van der Waals surface area contributed by atoms with E-state index < -0.39 is 0 Å². The first kappa shape index (κ1) is 11.5. The van der Waals surface area contributed by atoms with Crippen molar-refractivity contribution in [3.05, 3.63) is 0 Å². The van der Waals surface area contributed by atoms with Crippen LogP contribution in [0.2, 0.25) is 0 Å². The largest absolute Gasteiger partial charge is 0.349 e. The molecule has 0 radical (unpaired) electrons. The molecule has 0 aromatic rings. The molecule has 1 aliphatic rings. The molecule has 4 heteroatoms. The average Bonchev–Trinajstić information content (AvgIpc) is 2.64. The van der Waals surface area contributed by atoms with Gasteiger partial charge in [-0.1, -0.05) is 0 Å². The van der Waals surface area contributed by atoms with Crippen LogP contribution in [-0.2, 0) is 4.79 Å². The molecule has 1 heterocycles. The number of carbonyl (C=O) groups excluding carboxylic acids is 1. The lowest BCUT2D eigenvalue weighted by atomic mass is 10.2. The molecule has 0 bridgehead atoms. The highest BCUT2D eigenvalue weighted by molar-refractivity contribution is 5.75. The molecule has 1 amide bonds. The molecule has 0 aromatic carbocycles. The van der Waals surface area contributed by atoms with Gasteiger partial charge in [0.1, 0.15) is 0 Å². The summed E-state index contributed by atoms with van der Waals surface area (Å²) in [5.74, 6) is 0.192. The van der Waals surface area contributed by atoms with Gasteiger partial charge in [0.25, 0.3) is 0 Å². The molecule has 0 aliphatic carbocycles. The van der Waals surface area contributed by atoms with Crippen LogP contribution in [0.4, 0.5) is 0 Å². The molecule has 1 fully saturated rings. The van der Waals surface area contributed by atoms with E-state index in [-0.39, 0.29) is 5.91 Å². The van der Waals surface area contributed by atoms with Gasteiger partial charge >= 0.3 is 0 Å². The maximum absolute atomic E-state index is 11.2. The highest BCUT2D eigenvalue weighted by Crippen LogP contribution is 2.02. The Morgan fingerprint density at radius 2 is 2.36 bits per heavy atom. The van der Waals surface area contributed by atoms with E-state index in [9.17, 15) is 4.79 Å². The lowest BCUT2D eigenvalue weighted by Gasteiger charge is -2.13. The lowest BCUT2D eigenvalue weighted by Crippen LogP contribution is -2.35. The third-order valence-corrected chi connectivity index (χ3v) is 2.57. The van der Waals surface area contributed by atoms with Crippen molar-refractivity contribution in [1.29, 1.82) is 0 Å². The third kappa shape index (κ3) is 4.07. The monoisotopic (exact) mass is 199 g/mol. The zero-order valence-corrected chi connectivity index (χ0v) is 9.18. The van der Waals surface area contributed by atoms with Crippen LogP contribution in [-0.4, -0.2) is 50.6 Å². The van der Waals surface area contributed by atoms with Gasteiger partial charge in [0.15, 0.2) is 0 Å². The molecular weight excluding hydrogens is 178 g/mol. The van der Waals surface area contributed by atoms with Crippen molar-refractivity contribution in [1.82, 2.24) is 15.5 Å². The van der Waals surface area contributed by atoms with Crippen LogP contribution in [0.5, 0.6) is 0 Å². The third-order valence-electron chi connectivity index (χ3n) is 2.57. The second-order valence-electron chi connectivity index (χ2n) is 4.04. The zero-order chi connectivity index (χ0) is 10.4. The van der Waals surface area contributed by atoms with Crippen molar-refractivity contribution in [2.75, 3.05) is 33.7 Å². The Morgan fingerprint density at radius 3 is 2.93 bits per heavy atom. The molecule has 0 spiro atoms. The Bertz CT molecular complexity index is 176. The van der Waals surface area contributed by atoms with Gasteiger partial charge < -0.3 is 15.5 Å². The fourth-order valence-electron chi connectivity index (χ4n) is 1.63. The van der Waals surface area contributed by atoms with Gasteiger partial charge in [0, 0.05) is 39.6 Å². The van der Waals surface area contributed by atoms with Crippen LogP contribution in [0.3, 0.4) is 0 Å². The van der Waals surface area contributed by atoms with Gasteiger partial charge in [0.2, 0.25) is 5.91 Å². The number of carbonyl (C=O) groups is 1. The van der Waals surface area contributed by atoms with Gasteiger partial charge in [-0.15, -0.1) is 0 Å². The van der Waals surface area contributed by atoms with Gasteiger partial charge in [-0.2, -0.15) is 0 Å². The standard InChI is InChI=1S/C10H21N3O/c1-13(2)10(14)5-7-11-8-9-4-3-6-12-9/h9,11-12H,3-8H2,1-2H3. The minimum atomic E-state index is 0.192. The Balaban J connectivity index is 1.96. The lowest BCUT2D eigenvalue weighted by molar-refractivity contribution is -0.128. The van der Waals surface area contributed by atoms with Crippen molar-refractivity contribution in [2.24, 2.45) is 0 Å². The molecule has 0 saturated carbocycles. The van der Waals surface area contributed by atoms with E-state index in [2.05, 4.69) is 10.6 Å². The van der Waals surface area contributed by atoms with E-state index in [1.54, 1.807) is 19.0 Å². The number of hydrogen-bond acceptors (Lipinski definition) is 3. The summed E-state index contributed by atoms with van der Waals surface area (Å²) in [6, 6.07) is 0.615. The van der Waals surface area contributed by atoms with Gasteiger partial charge in [-0.05, 0) is 19.4 Å². The van der Waals surface area contributed by atoms with Crippen molar-refractivity contribution >= 4 is 5.91 Å². The number of nitrogens with zero attached hydrogens (tertiary/aromatic N) is 1. The predicted molar refractivity (Wildman–Crippen MR) is 57.2 cm³/mol. The Morgan fingerprint density at radius 1 is 1.57 bits per heavy atom. The topological polar surface area (TPSA) is 44.4 Å². The van der Waals surface area contributed by atoms with Crippen LogP contribution in [0, 0.1) is 0 Å². The Hall–Kier alpha value is -0.610. The summed E-state index contributed by atoms with van der Waals surface area (Å²) in [4.78, 5) is 12.8. The Labute approximate surface area is 86.0 Å². The highest BCUT2D eigenvalue weighted by atomic mass is 16.2. The van der Waals surface area contributed by atoms with Crippen LogP contribution < -0.4 is 10.6 Å². The molecule has 4 nitrogen and oxygen atoms in total. The second-order valence-corrected chi connectivity index (χ2v) is 4.04. The fraction of sp³-hybridized carbons (Fsp3) is 0.900. The molecule has 2 N–H and O–H groups in total. The number of amides is 1. The van der Waals surface area contributed by atoms with Gasteiger partial charge in [-0.25, -0.2) is 0 Å². The first-order valence-electron chi connectivity index (χ1n) is 5.34. The number of nitrogens with one attached hydrogen (secondary N) is 2. The van der Waals surface area contributed by atoms with E-state index in [1.807, 2.05) is 0 Å². The van der Waals surface area contributed by atoms with Crippen molar-refractivity contribution in [2.45, 2.75) is 25.3 Å². The molecular formula is C10H21N3O. The summed E-state index contributed by atoms with van der Waals surface area (Å²) in [5.41, 5.74) is 0. The summed E-state index contributed by atoms with van der Waals surface area (Å²) < 4.78 is 0. The molecule has 1 aliphatic heterocycles. The second kappa shape index (κ2) is 5.98. The van der Waals surface area contributed by atoms with E-state index in [1.165, 1.54) is 12.8 Å². The van der Waals surface area contributed by atoms with E-state index >= 15 is 0 Å². The summed E-state index contributed by atoms with van der Waals surface area (Å²) in [7, 11) is 3.59. The quantitative estimate of drug-likeness (QED) is 0.603. The minimum absolute atomic E-state index is 0.192. The first-order chi connectivity index (χ1) is 6.70. The molecule has 1 unspecified atom stereocenters. The SMILES string of the molecule is CN(C)C(=O)CCNCC1CCCN1. The normalized spacial score (nSPS) is 21.1. The van der Waals surface area contributed by atoms with Crippen LogP contribution >= 0.6 is 0 Å². The average molecular weight is 199 g/mol. The van der Waals surface area contributed by atoms with Crippen LogP contribution in [0.15, 0.2) is 0 Å². The predicted octanol–water partition coefficient (Wildman–Crippen LogP) is -0.194. The molecule has 1 saturated heterocycles. The van der Waals surface area contributed by atoms with Crippen molar-refractivity contribution in [3.63, 3.8) is 0 Å². The Kier molecular flexibility index (Phi) is 4.90. The van der Waals surface area contributed by atoms with Gasteiger partial charge in [0.05, 0.1) is 0 Å².